The van der Waals surface area contributed by atoms with Crippen LogP contribution < -0.4 is 11.3 Å². The largest absolute Gasteiger partial charge is 0.271 e. The van der Waals surface area contributed by atoms with Crippen LogP contribution in [0.4, 0.5) is 0 Å². The van der Waals surface area contributed by atoms with E-state index in [1.807, 2.05) is 0 Å². The van der Waals surface area contributed by atoms with Gasteiger partial charge < -0.3 is 0 Å². The Morgan fingerprint density at radius 1 is 1.31 bits per heavy atom. The number of rotatable bonds is 6. The SMILES string of the molecule is C#CCCC(CCc1ccc(C)cc1)NN. The monoisotopic (exact) mass is 216 g/mol. The predicted octanol–water partition coefficient (Wildman–Crippen LogP) is 2.17. The summed E-state index contributed by atoms with van der Waals surface area (Å²) in [6.45, 7) is 2.10. The fourth-order valence-corrected chi connectivity index (χ4v) is 1.66. The van der Waals surface area contributed by atoms with Crippen molar-refractivity contribution < 1.29 is 0 Å². The Hall–Kier alpha value is -1.30. The lowest BCUT2D eigenvalue weighted by Gasteiger charge is -2.14. The molecule has 0 bridgehead atoms. The van der Waals surface area contributed by atoms with Gasteiger partial charge in [-0.2, -0.15) is 0 Å². The molecule has 0 aliphatic heterocycles. The van der Waals surface area contributed by atoms with Gasteiger partial charge in [0, 0.05) is 12.5 Å². The molecule has 1 aromatic rings. The second-order valence-electron chi connectivity index (χ2n) is 4.13. The third kappa shape index (κ3) is 4.48. The molecule has 1 aromatic carbocycles. The summed E-state index contributed by atoms with van der Waals surface area (Å²) in [4.78, 5) is 0. The first kappa shape index (κ1) is 12.8. The maximum Gasteiger partial charge on any atom is 0.0222 e. The Morgan fingerprint density at radius 2 is 2.00 bits per heavy atom. The maximum atomic E-state index is 5.48. The zero-order chi connectivity index (χ0) is 11.8. The Bertz CT molecular complexity index is 335. The molecule has 0 aliphatic carbocycles. The van der Waals surface area contributed by atoms with E-state index in [9.17, 15) is 0 Å². The van der Waals surface area contributed by atoms with Crippen LogP contribution in [-0.4, -0.2) is 6.04 Å². The summed E-state index contributed by atoms with van der Waals surface area (Å²) in [7, 11) is 0. The summed E-state index contributed by atoms with van der Waals surface area (Å²) >= 11 is 0. The zero-order valence-electron chi connectivity index (χ0n) is 9.87. The van der Waals surface area contributed by atoms with E-state index in [1.165, 1.54) is 11.1 Å². The van der Waals surface area contributed by atoms with Crippen molar-refractivity contribution in [1.82, 2.24) is 5.43 Å². The van der Waals surface area contributed by atoms with Gasteiger partial charge in [0.05, 0.1) is 0 Å². The molecule has 1 unspecified atom stereocenters. The van der Waals surface area contributed by atoms with Gasteiger partial charge in [-0.15, -0.1) is 12.3 Å². The van der Waals surface area contributed by atoms with Gasteiger partial charge in [0.1, 0.15) is 0 Å². The van der Waals surface area contributed by atoms with Crippen LogP contribution in [0.25, 0.3) is 0 Å². The minimum Gasteiger partial charge on any atom is -0.271 e. The molecule has 0 spiro atoms. The summed E-state index contributed by atoms with van der Waals surface area (Å²) in [5, 5.41) is 0. The van der Waals surface area contributed by atoms with E-state index < -0.39 is 0 Å². The molecule has 0 saturated heterocycles. The molecule has 0 aliphatic rings. The summed E-state index contributed by atoms with van der Waals surface area (Å²) in [6.07, 6.45) is 9.03. The fraction of sp³-hybridized carbons (Fsp3) is 0.429. The number of hydrogen-bond acceptors (Lipinski definition) is 2. The normalized spacial score (nSPS) is 12.1. The van der Waals surface area contributed by atoms with Crippen LogP contribution in [0.1, 0.15) is 30.4 Å². The first-order chi connectivity index (χ1) is 7.76. The lowest BCUT2D eigenvalue weighted by atomic mass is 10.0. The Balaban J connectivity index is 2.37. The standard InChI is InChI=1S/C14H20N2/c1-3-4-5-14(16-15)11-10-13-8-6-12(2)7-9-13/h1,6-9,14,16H,4-5,10-11,15H2,2H3. The molecule has 0 heterocycles. The lowest BCUT2D eigenvalue weighted by molar-refractivity contribution is 0.469. The summed E-state index contributed by atoms with van der Waals surface area (Å²) in [5.41, 5.74) is 5.47. The molecular formula is C14H20N2. The van der Waals surface area contributed by atoms with Crippen molar-refractivity contribution in [2.24, 2.45) is 5.84 Å². The molecule has 1 rings (SSSR count). The van der Waals surface area contributed by atoms with Crippen molar-refractivity contribution in [1.29, 1.82) is 0 Å². The van der Waals surface area contributed by atoms with E-state index >= 15 is 0 Å². The summed E-state index contributed by atoms with van der Waals surface area (Å²) in [5.74, 6) is 8.13. The topological polar surface area (TPSA) is 38.0 Å². The Morgan fingerprint density at radius 3 is 2.56 bits per heavy atom. The molecule has 1 atom stereocenters. The first-order valence-electron chi connectivity index (χ1n) is 5.71. The molecule has 2 nitrogen and oxygen atoms in total. The van der Waals surface area contributed by atoms with Crippen LogP contribution in [0.5, 0.6) is 0 Å². The molecule has 0 radical (unpaired) electrons. The van der Waals surface area contributed by atoms with Crippen LogP contribution in [-0.2, 0) is 6.42 Å². The number of hydrazine groups is 1. The van der Waals surface area contributed by atoms with E-state index in [2.05, 4.69) is 42.5 Å². The van der Waals surface area contributed by atoms with Crippen molar-refractivity contribution in [2.45, 2.75) is 38.6 Å². The average Bonchev–Trinajstić information content (AvgIpc) is 2.32. The van der Waals surface area contributed by atoms with Crippen LogP contribution in [0.3, 0.4) is 0 Å². The highest BCUT2D eigenvalue weighted by Crippen LogP contribution is 2.09. The molecule has 86 valence electrons. The molecule has 16 heavy (non-hydrogen) atoms. The number of nitrogens with two attached hydrogens (primary N) is 1. The van der Waals surface area contributed by atoms with E-state index in [4.69, 9.17) is 12.3 Å². The number of nitrogens with one attached hydrogen (secondary N) is 1. The molecule has 2 heteroatoms. The summed E-state index contributed by atoms with van der Waals surface area (Å²) in [6, 6.07) is 8.94. The van der Waals surface area contributed by atoms with E-state index in [0.29, 0.717) is 6.04 Å². The van der Waals surface area contributed by atoms with Crippen LogP contribution >= 0.6 is 0 Å². The first-order valence-corrected chi connectivity index (χ1v) is 5.71. The van der Waals surface area contributed by atoms with Gasteiger partial charge in [-0.25, -0.2) is 0 Å². The van der Waals surface area contributed by atoms with Crippen molar-refractivity contribution >= 4 is 0 Å². The van der Waals surface area contributed by atoms with Crippen molar-refractivity contribution in [3.05, 3.63) is 35.4 Å². The van der Waals surface area contributed by atoms with Gasteiger partial charge >= 0.3 is 0 Å². The van der Waals surface area contributed by atoms with Crippen molar-refractivity contribution in [3.8, 4) is 12.3 Å². The van der Waals surface area contributed by atoms with Crippen molar-refractivity contribution in [3.63, 3.8) is 0 Å². The second kappa shape index (κ2) is 7.05. The Labute approximate surface area is 98.2 Å². The predicted molar refractivity (Wildman–Crippen MR) is 68.7 cm³/mol. The number of hydrogen-bond donors (Lipinski definition) is 2. The van der Waals surface area contributed by atoms with Gasteiger partial charge in [0.25, 0.3) is 0 Å². The van der Waals surface area contributed by atoms with E-state index in [-0.39, 0.29) is 0 Å². The quantitative estimate of drug-likeness (QED) is 0.434. The fourth-order valence-electron chi connectivity index (χ4n) is 1.66. The zero-order valence-corrected chi connectivity index (χ0v) is 9.87. The van der Waals surface area contributed by atoms with Crippen LogP contribution in [0.15, 0.2) is 24.3 Å². The van der Waals surface area contributed by atoms with Crippen LogP contribution in [0, 0.1) is 19.3 Å². The molecule has 0 saturated carbocycles. The third-order valence-electron chi connectivity index (χ3n) is 2.77. The highest BCUT2D eigenvalue weighted by Gasteiger charge is 2.05. The maximum absolute atomic E-state index is 5.48. The number of aryl methyl sites for hydroxylation is 2. The number of benzene rings is 1. The van der Waals surface area contributed by atoms with Crippen molar-refractivity contribution in [2.75, 3.05) is 0 Å². The number of terminal acetylenes is 1. The highest BCUT2D eigenvalue weighted by atomic mass is 15.2. The molecular weight excluding hydrogens is 196 g/mol. The van der Waals surface area contributed by atoms with Gasteiger partial charge in [-0.05, 0) is 31.7 Å². The minimum absolute atomic E-state index is 0.317. The van der Waals surface area contributed by atoms with E-state index in [1.54, 1.807) is 0 Å². The molecule has 0 amide bonds. The van der Waals surface area contributed by atoms with Gasteiger partial charge in [0.2, 0.25) is 0 Å². The molecule has 0 aromatic heterocycles. The lowest BCUT2D eigenvalue weighted by Crippen LogP contribution is -2.35. The summed E-state index contributed by atoms with van der Waals surface area (Å²) < 4.78 is 0. The average molecular weight is 216 g/mol. The van der Waals surface area contributed by atoms with Crippen LogP contribution in [0.2, 0.25) is 0 Å². The molecule has 3 N–H and O–H groups in total. The minimum atomic E-state index is 0.317. The highest BCUT2D eigenvalue weighted by molar-refractivity contribution is 5.21. The van der Waals surface area contributed by atoms with Gasteiger partial charge in [-0.3, -0.25) is 11.3 Å². The Kier molecular flexibility index (Phi) is 5.63. The third-order valence-corrected chi connectivity index (χ3v) is 2.77. The van der Waals surface area contributed by atoms with Gasteiger partial charge in [-0.1, -0.05) is 29.8 Å². The smallest absolute Gasteiger partial charge is 0.0222 e. The molecule has 0 fully saturated rings. The second-order valence-corrected chi connectivity index (χ2v) is 4.13. The van der Waals surface area contributed by atoms with Gasteiger partial charge in [0.15, 0.2) is 0 Å². The van der Waals surface area contributed by atoms with E-state index in [0.717, 1.165) is 25.7 Å².